The Kier molecular flexibility index (Phi) is 10.3. The molecule has 0 spiro atoms. The van der Waals surface area contributed by atoms with Gasteiger partial charge in [0.15, 0.2) is 0 Å². The lowest BCUT2D eigenvalue weighted by Crippen LogP contribution is -2.42. The largest absolute Gasteiger partial charge is 0.466 e. The van der Waals surface area contributed by atoms with Crippen molar-refractivity contribution >= 4 is 41.0 Å². The SMILES string of the molecule is CCOC(=O)CC[C@H](NC(=O)c1ccc(NC(=O)CCl)c(-c2ccccc2)n1)C(=O)OCC. The van der Waals surface area contributed by atoms with Crippen LogP contribution in [0.2, 0.25) is 0 Å². The Hall–Kier alpha value is -3.46. The molecule has 2 amide bonds. The Balaban J connectivity index is 2.29. The van der Waals surface area contributed by atoms with Crippen LogP contribution in [0.25, 0.3) is 11.3 Å². The molecule has 1 aromatic carbocycles. The lowest BCUT2D eigenvalue weighted by molar-refractivity contribution is -0.146. The second-order valence-corrected chi connectivity index (χ2v) is 7.03. The zero-order valence-electron chi connectivity index (χ0n) is 18.4. The molecule has 1 heterocycles. The van der Waals surface area contributed by atoms with Gasteiger partial charge in [-0.1, -0.05) is 30.3 Å². The third-order valence-electron chi connectivity index (χ3n) is 4.39. The van der Waals surface area contributed by atoms with Gasteiger partial charge in [-0.3, -0.25) is 14.4 Å². The summed E-state index contributed by atoms with van der Waals surface area (Å²) >= 11 is 5.59. The summed E-state index contributed by atoms with van der Waals surface area (Å²) in [6.07, 6.45) is -0.0531. The molecular formula is C23H26ClN3O6. The predicted octanol–water partition coefficient (Wildman–Crippen LogP) is 2.93. The molecule has 0 saturated heterocycles. The third kappa shape index (κ3) is 7.87. The van der Waals surface area contributed by atoms with Gasteiger partial charge in [0, 0.05) is 12.0 Å². The highest BCUT2D eigenvalue weighted by molar-refractivity contribution is 6.29. The minimum Gasteiger partial charge on any atom is -0.466 e. The van der Waals surface area contributed by atoms with Gasteiger partial charge in [0.2, 0.25) is 5.91 Å². The number of ether oxygens (including phenoxy) is 2. The minimum atomic E-state index is -1.06. The number of alkyl halides is 1. The number of esters is 2. The average molecular weight is 476 g/mol. The van der Waals surface area contributed by atoms with Gasteiger partial charge in [0.25, 0.3) is 5.91 Å². The highest BCUT2D eigenvalue weighted by Crippen LogP contribution is 2.26. The third-order valence-corrected chi connectivity index (χ3v) is 4.63. The standard InChI is InChI=1S/C23H26ClN3O6/c1-3-32-20(29)13-12-18(23(31)33-4-2)27-22(30)17-11-10-16(25-19(28)14-24)21(26-17)15-8-6-5-7-9-15/h5-11,18H,3-4,12-14H2,1-2H3,(H,25,28)(H,27,30)/t18-/m0/s1. The Morgan fingerprint density at radius 3 is 2.33 bits per heavy atom. The van der Waals surface area contributed by atoms with Crippen LogP contribution in [0.5, 0.6) is 0 Å². The molecule has 10 heteroatoms. The van der Waals surface area contributed by atoms with Crippen LogP contribution in [0.4, 0.5) is 5.69 Å². The number of hydrogen-bond donors (Lipinski definition) is 2. The van der Waals surface area contributed by atoms with Crippen molar-refractivity contribution in [2.75, 3.05) is 24.4 Å². The van der Waals surface area contributed by atoms with Crippen molar-refractivity contribution < 1.29 is 28.7 Å². The summed E-state index contributed by atoms with van der Waals surface area (Å²) in [5, 5.41) is 5.23. The molecule has 2 N–H and O–H groups in total. The maximum atomic E-state index is 12.9. The molecule has 9 nitrogen and oxygen atoms in total. The second kappa shape index (κ2) is 13.2. The van der Waals surface area contributed by atoms with E-state index in [4.69, 9.17) is 21.1 Å². The first kappa shape index (κ1) is 25.8. The van der Waals surface area contributed by atoms with Gasteiger partial charge in [-0.05, 0) is 32.4 Å². The molecule has 1 atom stereocenters. The van der Waals surface area contributed by atoms with Crippen molar-refractivity contribution in [3.63, 3.8) is 0 Å². The molecular weight excluding hydrogens is 450 g/mol. The summed E-state index contributed by atoms with van der Waals surface area (Å²) in [5.74, 6) is -2.44. The minimum absolute atomic E-state index is 0.0127. The Labute approximate surface area is 196 Å². The van der Waals surface area contributed by atoms with E-state index in [9.17, 15) is 19.2 Å². The van der Waals surface area contributed by atoms with Crippen LogP contribution in [-0.2, 0) is 23.9 Å². The summed E-state index contributed by atoms with van der Waals surface area (Å²) in [6.45, 7) is 3.66. The van der Waals surface area contributed by atoms with Crippen LogP contribution >= 0.6 is 11.6 Å². The molecule has 1 aromatic heterocycles. The van der Waals surface area contributed by atoms with E-state index in [1.807, 2.05) is 6.07 Å². The van der Waals surface area contributed by atoms with Gasteiger partial charge in [-0.2, -0.15) is 0 Å². The number of carbonyl (C=O) groups is 4. The van der Waals surface area contributed by atoms with Gasteiger partial charge in [0.1, 0.15) is 17.6 Å². The number of amides is 2. The average Bonchev–Trinajstić information content (AvgIpc) is 2.82. The fraction of sp³-hybridized carbons (Fsp3) is 0.348. The van der Waals surface area contributed by atoms with Crippen LogP contribution in [0.3, 0.4) is 0 Å². The summed E-state index contributed by atoms with van der Waals surface area (Å²) in [6, 6.07) is 10.9. The number of anilines is 1. The van der Waals surface area contributed by atoms with Crippen LogP contribution < -0.4 is 10.6 Å². The maximum absolute atomic E-state index is 12.9. The summed E-state index contributed by atoms with van der Waals surface area (Å²) < 4.78 is 9.90. The first-order valence-electron chi connectivity index (χ1n) is 10.4. The number of nitrogens with one attached hydrogen (secondary N) is 2. The van der Waals surface area contributed by atoms with E-state index in [-0.39, 0.29) is 37.6 Å². The molecule has 0 radical (unpaired) electrons. The number of halogens is 1. The Bertz CT molecular complexity index is 983. The molecule has 0 aliphatic heterocycles. The number of aromatic nitrogens is 1. The van der Waals surface area contributed by atoms with Crippen molar-refractivity contribution in [3.05, 3.63) is 48.2 Å². The van der Waals surface area contributed by atoms with E-state index in [1.54, 1.807) is 38.1 Å². The Morgan fingerprint density at radius 1 is 1.00 bits per heavy atom. The van der Waals surface area contributed by atoms with Crippen LogP contribution in [0, 0.1) is 0 Å². The normalized spacial score (nSPS) is 11.2. The Morgan fingerprint density at radius 2 is 1.70 bits per heavy atom. The lowest BCUT2D eigenvalue weighted by Gasteiger charge is -2.17. The number of rotatable bonds is 11. The highest BCUT2D eigenvalue weighted by Gasteiger charge is 2.25. The molecule has 0 aliphatic rings. The molecule has 176 valence electrons. The van der Waals surface area contributed by atoms with Crippen molar-refractivity contribution in [3.8, 4) is 11.3 Å². The smallest absolute Gasteiger partial charge is 0.328 e. The molecule has 0 aliphatic carbocycles. The van der Waals surface area contributed by atoms with Crippen molar-refractivity contribution in [2.24, 2.45) is 0 Å². The van der Waals surface area contributed by atoms with Crippen molar-refractivity contribution in [2.45, 2.75) is 32.7 Å². The van der Waals surface area contributed by atoms with Crippen LogP contribution in [-0.4, -0.2) is 53.9 Å². The number of pyridine rings is 1. The van der Waals surface area contributed by atoms with E-state index in [1.165, 1.54) is 12.1 Å². The number of benzene rings is 1. The first-order valence-corrected chi connectivity index (χ1v) is 11.0. The molecule has 0 saturated carbocycles. The van der Waals surface area contributed by atoms with Gasteiger partial charge in [-0.15, -0.1) is 11.6 Å². The summed E-state index contributed by atoms with van der Waals surface area (Å²) in [5.41, 5.74) is 1.43. The molecule has 2 aromatic rings. The monoisotopic (exact) mass is 475 g/mol. The van der Waals surface area contributed by atoms with E-state index >= 15 is 0 Å². The highest BCUT2D eigenvalue weighted by atomic mass is 35.5. The van der Waals surface area contributed by atoms with E-state index < -0.39 is 29.8 Å². The molecule has 0 fully saturated rings. The van der Waals surface area contributed by atoms with Crippen LogP contribution in [0.1, 0.15) is 37.2 Å². The zero-order valence-corrected chi connectivity index (χ0v) is 19.2. The van der Waals surface area contributed by atoms with Crippen LogP contribution in [0.15, 0.2) is 42.5 Å². The topological polar surface area (TPSA) is 124 Å². The molecule has 33 heavy (non-hydrogen) atoms. The van der Waals surface area contributed by atoms with E-state index in [0.717, 1.165) is 0 Å². The second-order valence-electron chi connectivity index (χ2n) is 6.76. The van der Waals surface area contributed by atoms with Gasteiger partial charge in [0.05, 0.1) is 24.6 Å². The van der Waals surface area contributed by atoms with Crippen molar-refractivity contribution in [1.29, 1.82) is 0 Å². The first-order chi connectivity index (χ1) is 15.9. The molecule has 2 rings (SSSR count). The van der Waals surface area contributed by atoms with Gasteiger partial charge in [-0.25, -0.2) is 9.78 Å². The van der Waals surface area contributed by atoms with Gasteiger partial charge >= 0.3 is 11.9 Å². The van der Waals surface area contributed by atoms with E-state index in [0.29, 0.717) is 16.9 Å². The number of carbonyl (C=O) groups excluding carboxylic acids is 4. The van der Waals surface area contributed by atoms with Crippen molar-refractivity contribution in [1.82, 2.24) is 10.3 Å². The fourth-order valence-corrected chi connectivity index (χ4v) is 2.97. The quantitative estimate of drug-likeness (QED) is 0.378. The lowest BCUT2D eigenvalue weighted by atomic mass is 10.1. The number of hydrogen-bond acceptors (Lipinski definition) is 7. The van der Waals surface area contributed by atoms with E-state index in [2.05, 4.69) is 15.6 Å². The zero-order chi connectivity index (χ0) is 24.2. The van der Waals surface area contributed by atoms with Gasteiger partial charge < -0.3 is 20.1 Å². The fourth-order valence-electron chi connectivity index (χ4n) is 2.91. The molecule has 0 unspecified atom stereocenters. The number of nitrogens with zero attached hydrogens (tertiary/aromatic N) is 1. The predicted molar refractivity (Wildman–Crippen MR) is 123 cm³/mol. The summed E-state index contributed by atoms with van der Waals surface area (Å²) in [7, 11) is 0. The molecule has 0 bridgehead atoms. The maximum Gasteiger partial charge on any atom is 0.328 e. The summed E-state index contributed by atoms with van der Waals surface area (Å²) in [4.78, 5) is 53.1.